The Labute approximate surface area is 107 Å². The summed E-state index contributed by atoms with van der Waals surface area (Å²) in [4.78, 5) is 0. The number of para-hydroxylation sites is 1. The Hall–Kier alpha value is -1.68. The molecule has 1 fully saturated rings. The van der Waals surface area contributed by atoms with Crippen molar-refractivity contribution in [2.75, 3.05) is 13.1 Å². The number of benzene rings is 1. The fourth-order valence-corrected chi connectivity index (χ4v) is 2.61. The quantitative estimate of drug-likeness (QED) is 0.876. The molecule has 0 bridgehead atoms. The van der Waals surface area contributed by atoms with Crippen molar-refractivity contribution in [3.63, 3.8) is 0 Å². The molecule has 0 unspecified atom stereocenters. The summed E-state index contributed by atoms with van der Waals surface area (Å²) in [6.45, 7) is 4.14. The lowest BCUT2D eigenvalue weighted by Crippen LogP contribution is -2.30. The highest BCUT2D eigenvalue weighted by molar-refractivity contribution is 5.34. The van der Waals surface area contributed by atoms with Gasteiger partial charge in [0.1, 0.15) is 11.6 Å². The summed E-state index contributed by atoms with van der Waals surface area (Å²) in [6.07, 6.45) is 2.41. The van der Waals surface area contributed by atoms with E-state index in [1.807, 2.05) is 13.0 Å². The summed E-state index contributed by atoms with van der Waals surface area (Å²) in [5.74, 6) is 2.52. The van der Waals surface area contributed by atoms with Gasteiger partial charge in [-0.2, -0.15) is 0 Å². The Morgan fingerprint density at radius 3 is 2.78 bits per heavy atom. The number of aromatic nitrogens is 3. The number of aryl methyl sites for hydroxylation is 1. The molecule has 1 aliphatic heterocycles. The Morgan fingerprint density at radius 2 is 2.06 bits per heavy atom. The third-order valence-electron chi connectivity index (χ3n) is 3.53. The third kappa shape index (κ3) is 2.04. The molecule has 18 heavy (non-hydrogen) atoms. The van der Waals surface area contributed by atoms with Gasteiger partial charge in [-0.1, -0.05) is 18.2 Å². The molecular formula is C14H18N4. The lowest BCUT2D eigenvalue weighted by Gasteiger charge is -2.22. The second-order valence-corrected chi connectivity index (χ2v) is 4.82. The summed E-state index contributed by atoms with van der Waals surface area (Å²) in [5, 5.41) is 12.1. The van der Waals surface area contributed by atoms with Gasteiger partial charge in [0.05, 0.1) is 0 Å². The molecule has 94 valence electrons. The largest absolute Gasteiger partial charge is 0.316 e. The van der Waals surface area contributed by atoms with Crippen LogP contribution in [0.4, 0.5) is 0 Å². The highest BCUT2D eigenvalue weighted by Gasteiger charge is 2.22. The molecule has 3 rings (SSSR count). The molecule has 1 saturated heterocycles. The number of nitrogens with one attached hydrogen (secondary N) is 1. The van der Waals surface area contributed by atoms with E-state index < -0.39 is 0 Å². The zero-order valence-electron chi connectivity index (χ0n) is 10.6. The van der Waals surface area contributed by atoms with Crippen LogP contribution in [-0.2, 0) is 0 Å². The van der Waals surface area contributed by atoms with E-state index in [-0.39, 0.29) is 0 Å². The Bertz CT molecular complexity index is 512. The van der Waals surface area contributed by atoms with Gasteiger partial charge in [-0.3, -0.25) is 4.57 Å². The van der Waals surface area contributed by atoms with Crippen LogP contribution in [0.5, 0.6) is 0 Å². The fourth-order valence-electron chi connectivity index (χ4n) is 2.61. The third-order valence-corrected chi connectivity index (χ3v) is 3.53. The van der Waals surface area contributed by atoms with E-state index in [1.165, 1.54) is 12.8 Å². The molecule has 4 nitrogen and oxygen atoms in total. The molecule has 1 atom stereocenters. The van der Waals surface area contributed by atoms with Gasteiger partial charge >= 0.3 is 0 Å². The van der Waals surface area contributed by atoms with Crippen molar-refractivity contribution < 1.29 is 0 Å². The van der Waals surface area contributed by atoms with Crippen molar-refractivity contribution >= 4 is 0 Å². The molecule has 1 aromatic heterocycles. The van der Waals surface area contributed by atoms with E-state index >= 15 is 0 Å². The fraction of sp³-hybridized carbons (Fsp3) is 0.429. The van der Waals surface area contributed by atoms with E-state index in [9.17, 15) is 0 Å². The van der Waals surface area contributed by atoms with Crippen molar-refractivity contribution in [3.05, 3.63) is 42.0 Å². The molecule has 2 aromatic rings. The van der Waals surface area contributed by atoms with E-state index in [1.54, 1.807) is 0 Å². The van der Waals surface area contributed by atoms with Crippen molar-refractivity contribution in [2.24, 2.45) is 0 Å². The number of piperidine rings is 1. The first kappa shape index (κ1) is 11.4. The zero-order chi connectivity index (χ0) is 12.4. The van der Waals surface area contributed by atoms with Crippen LogP contribution in [0.25, 0.3) is 5.69 Å². The minimum atomic E-state index is 0.472. The summed E-state index contributed by atoms with van der Waals surface area (Å²) >= 11 is 0. The van der Waals surface area contributed by atoms with Crippen LogP contribution in [-0.4, -0.2) is 27.9 Å². The van der Waals surface area contributed by atoms with Gasteiger partial charge in [-0.15, -0.1) is 10.2 Å². The highest BCUT2D eigenvalue weighted by atomic mass is 15.3. The lowest BCUT2D eigenvalue weighted by atomic mass is 9.98. The van der Waals surface area contributed by atoms with Crippen molar-refractivity contribution in [1.29, 1.82) is 0 Å². The van der Waals surface area contributed by atoms with Crippen LogP contribution >= 0.6 is 0 Å². The van der Waals surface area contributed by atoms with Gasteiger partial charge in [0.25, 0.3) is 0 Å². The first-order chi connectivity index (χ1) is 8.86. The highest BCUT2D eigenvalue weighted by Crippen LogP contribution is 2.24. The lowest BCUT2D eigenvalue weighted by molar-refractivity contribution is 0.442. The van der Waals surface area contributed by atoms with E-state index in [0.717, 1.165) is 30.4 Å². The van der Waals surface area contributed by atoms with Crippen LogP contribution in [0, 0.1) is 6.92 Å². The molecule has 0 spiro atoms. The maximum Gasteiger partial charge on any atom is 0.142 e. The smallest absolute Gasteiger partial charge is 0.142 e. The second-order valence-electron chi connectivity index (χ2n) is 4.82. The van der Waals surface area contributed by atoms with Gasteiger partial charge < -0.3 is 5.32 Å². The molecule has 0 saturated carbocycles. The van der Waals surface area contributed by atoms with E-state index in [0.29, 0.717) is 5.92 Å². The standard InChI is InChI=1S/C14H18N4/c1-11-16-17-14(12-6-5-9-15-10-12)18(11)13-7-3-2-4-8-13/h2-4,7-8,12,15H,5-6,9-10H2,1H3/t12-/m0/s1. The maximum atomic E-state index is 4.39. The number of rotatable bonds is 2. The first-order valence-electron chi connectivity index (χ1n) is 6.54. The van der Waals surface area contributed by atoms with Crippen LogP contribution in [0.2, 0.25) is 0 Å². The van der Waals surface area contributed by atoms with Gasteiger partial charge in [0.2, 0.25) is 0 Å². The van der Waals surface area contributed by atoms with Gasteiger partial charge in [0, 0.05) is 18.2 Å². The van der Waals surface area contributed by atoms with Crippen LogP contribution in [0.1, 0.15) is 30.4 Å². The molecule has 0 radical (unpaired) electrons. The summed E-state index contributed by atoms with van der Waals surface area (Å²) in [7, 11) is 0. The van der Waals surface area contributed by atoms with Crippen molar-refractivity contribution in [1.82, 2.24) is 20.1 Å². The summed E-state index contributed by atoms with van der Waals surface area (Å²) in [5.41, 5.74) is 1.15. The van der Waals surface area contributed by atoms with E-state index in [2.05, 4.69) is 44.3 Å². The topological polar surface area (TPSA) is 42.7 Å². The van der Waals surface area contributed by atoms with Crippen molar-refractivity contribution in [2.45, 2.75) is 25.7 Å². The molecular weight excluding hydrogens is 224 g/mol. The van der Waals surface area contributed by atoms with Gasteiger partial charge in [-0.25, -0.2) is 0 Å². The second kappa shape index (κ2) is 4.90. The van der Waals surface area contributed by atoms with Crippen molar-refractivity contribution in [3.8, 4) is 5.69 Å². The average molecular weight is 242 g/mol. The normalized spacial score (nSPS) is 19.9. The van der Waals surface area contributed by atoms with Crippen LogP contribution < -0.4 is 5.32 Å². The first-order valence-corrected chi connectivity index (χ1v) is 6.54. The number of nitrogens with zero attached hydrogens (tertiary/aromatic N) is 3. The summed E-state index contributed by atoms with van der Waals surface area (Å²) in [6, 6.07) is 10.4. The molecule has 2 heterocycles. The molecule has 1 aromatic carbocycles. The van der Waals surface area contributed by atoms with Gasteiger partial charge in [-0.05, 0) is 38.4 Å². The molecule has 4 heteroatoms. The average Bonchev–Trinajstić information content (AvgIpc) is 2.83. The van der Waals surface area contributed by atoms with Gasteiger partial charge in [0.15, 0.2) is 0 Å². The zero-order valence-corrected chi connectivity index (χ0v) is 10.6. The molecule has 0 amide bonds. The minimum Gasteiger partial charge on any atom is -0.316 e. The van der Waals surface area contributed by atoms with Crippen LogP contribution in [0.15, 0.2) is 30.3 Å². The minimum absolute atomic E-state index is 0.472. The SMILES string of the molecule is Cc1nnc([C@H]2CCCNC2)n1-c1ccccc1. The Kier molecular flexibility index (Phi) is 3.11. The molecule has 1 N–H and O–H groups in total. The monoisotopic (exact) mass is 242 g/mol. The Morgan fingerprint density at radius 1 is 1.22 bits per heavy atom. The van der Waals surface area contributed by atoms with Crippen LogP contribution in [0.3, 0.4) is 0 Å². The van der Waals surface area contributed by atoms with E-state index in [4.69, 9.17) is 0 Å². The summed E-state index contributed by atoms with van der Waals surface area (Å²) < 4.78 is 2.18. The maximum absolute atomic E-state index is 4.39. The Balaban J connectivity index is 2.01. The predicted molar refractivity (Wildman–Crippen MR) is 70.9 cm³/mol. The number of hydrogen-bond acceptors (Lipinski definition) is 3. The number of hydrogen-bond donors (Lipinski definition) is 1. The molecule has 0 aliphatic carbocycles. The molecule has 1 aliphatic rings. The predicted octanol–water partition coefficient (Wildman–Crippen LogP) is 2.04.